The number of carbonyl (C=O) groups is 1. The van der Waals surface area contributed by atoms with Gasteiger partial charge in [-0.3, -0.25) is 9.48 Å². The Kier molecular flexibility index (Phi) is 2.66. The fraction of sp³-hybridized carbons (Fsp3) is 0.357. The van der Waals surface area contributed by atoms with Gasteiger partial charge in [0.15, 0.2) is 17.3 Å². The Labute approximate surface area is 129 Å². The van der Waals surface area contributed by atoms with Crippen LogP contribution in [0.1, 0.15) is 18.4 Å². The quantitative estimate of drug-likeness (QED) is 0.932. The third-order valence-corrected chi connectivity index (χ3v) is 3.98. The normalized spacial score (nSPS) is 19.4. The number of benzene rings is 1. The summed E-state index contributed by atoms with van der Waals surface area (Å²) in [6.07, 6.45) is -0.849. The van der Waals surface area contributed by atoms with Crippen LogP contribution in [-0.4, -0.2) is 27.2 Å². The van der Waals surface area contributed by atoms with Crippen LogP contribution in [-0.2, 0) is 17.3 Å². The lowest BCUT2D eigenvalue weighted by Crippen LogP contribution is -2.28. The molecule has 1 saturated carbocycles. The molecule has 2 aliphatic rings. The largest absolute Gasteiger partial charge is 0.586 e. The van der Waals surface area contributed by atoms with Crippen molar-refractivity contribution < 1.29 is 23.0 Å². The van der Waals surface area contributed by atoms with E-state index in [4.69, 9.17) is 0 Å². The van der Waals surface area contributed by atoms with Gasteiger partial charge in [0.05, 0.1) is 11.6 Å². The van der Waals surface area contributed by atoms with E-state index in [1.807, 2.05) is 0 Å². The van der Waals surface area contributed by atoms with Gasteiger partial charge in [0, 0.05) is 7.05 Å². The number of rotatable bonds is 3. The zero-order valence-electron chi connectivity index (χ0n) is 12.0. The van der Waals surface area contributed by atoms with Crippen molar-refractivity contribution in [2.75, 3.05) is 5.32 Å². The summed E-state index contributed by atoms with van der Waals surface area (Å²) in [7, 11) is 1.69. The number of hydrogen-bond donors (Lipinski definition) is 1. The number of anilines is 1. The van der Waals surface area contributed by atoms with Crippen LogP contribution >= 0.6 is 0 Å². The highest BCUT2D eigenvalue weighted by molar-refractivity contribution is 6.00. The molecule has 120 valence electrons. The Morgan fingerprint density at radius 3 is 2.70 bits per heavy atom. The second-order valence-corrected chi connectivity index (χ2v) is 5.64. The van der Waals surface area contributed by atoms with E-state index in [2.05, 4.69) is 25.1 Å². The molecular weight excluding hydrogens is 310 g/mol. The number of aryl methyl sites for hydroxylation is 1. The van der Waals surface area contributed by atoms with Crippen molar-refractivity contribution in [2.24, 2.45) is 7.05 Å². The molecule has 1 aromatic heterocycles. The Morgan fingerprint density at radius 1 is 1.30 bits per heavy atom. The van der Waals surface area contributed by atoms with Gasteiger partial charge in [-0.05, 0) is 30.5 Å². The molecule has 0 radical (unpaired) electrons. The molecule has 7 nitrogen and oxygen atoms in total. The summed E-state index contributed by atoms with van der Waals surface area (Å²) in [5.74, 6) is -0.00496. The van der Waals surface area contributed by atoms with Gasteiger partial charge in [-0.1, -0.05) is 11.3 Å². The molecule has 1 amide bonds. The minimum atomic E-state index is -3.67. The predicted octanol–water partition coefficient (Wildman–Crippen LogP) is 1.81. The maximum atomic E-state index is 13.1. The van der Waals surface area contributed by atoms with Crippen molar-refractivity contribution in [1.82, 2.24) is 15.0 Å². The molecule has 1 aromatic carbocycles. The van der Waals surface area contributed by atoms with Crippen LogP contribution in [0.2, 0.25) is 0 Å². The van der Waals surface area contributed by atoms with Crippen LogP contribution in [0.3, 0.4) is 0 Å². The molecule has 0 saturated heterocycles. The number of ether oxygens (including phenoxy) is 2. The van der Waals surface area contributed by atoms with Gasteiger partial charge in [-0.25, -0.2) is 0 Å². The Morgan fingerprint density at radius 2 is 2.04 bits per heavy atom. The van der Waals surface area contributed by atoms with E-state index < -0.39 is 11.7 Å². The molecule has 1 aliphatic carbocycles. The number of amides is 1. The zero-order chi connectivity index (χ0) is 16.2. The molecule has 1 aliphatic heterocycles. The van der Waals surface area contributed by atoms with E-state index >= 15 is 0 Å². The van der Waals surface area contributed by atoms with Crippen molar-refractivity contribution in [3.63, 3.8) is 0 Å². The number of alkyl halides is 2. The Bertz CT molecular complexity index is 801. The molecule has 0 spiro atoms. The van der Waals surface area contributed by atoms with Crippen LogP contribution in [0, 0.1) is 0 Å². The molecule has 0 unspecified atom stereocenters. The molecule has 9 heteroatoms. The van der Waals surface area contributed by atoms with Crippen molar-refractivity contribution in [2.45, 2.75) is 24.6 Å². The second-order valence-electron chi connectivity index (χ2n) is 5.64. The molecule has 0 bridgehead atoms. The highest BCUT2D eigenvalue weighted by Gasteiger charge is 2.53. The Hall–Kier alpha value is -2.71. The van der Waals surface area contributed by atoms with Crippen LogP contribution in [0.15, 0.2) is 24.4 Å². The third-order valence-electron chi connectivity index (χ3n) is 3.98. The molecule has 4 rings (SSSR count). The van der Waals surface area contributed by atoms with E-state index in [1.54, 1.807) is 19.3 Å². The van der Waals surface area contributed by atoms with Crippen molar-refractivity contribution >= 4 is 11.7 Å². The summed E-state index contributed by atoms with van der Waals surface area (Å²) >= 11 is 0. The van der Waals surface area contributed by atoms with E-state index in [0.717, 1.165) is 0 Å². The maximum absolute atomic E-state index is 13.1. The molecular formula is C14H12F2N4O3. The second kappa shape index (κ2) is 4.40. The zero-order valence-corrected chi connectivity index (χ0v) is 12.0. The molecule has 1 N–H and O–H groups in total. The number of halogens is 2. The van der Waals surface area contributed by atoms with E-state index in [1.165, 1.54) is 16.8 Å². The SMILES string of the molecule is Cn1cc(NC(=O)C2(c3ccc4c(c3)OC(F)(F)O4)CC2)nn1. The van der Waals surface area contributed by atoms with Gasteiger partial charge in [0.1, 0.15) is 0 Å². The summed E-state index contributed by atoms with van der Waals surface area (Å²) in [5.41, 5.74) is -0.146. The van der Waals surface area contributed by atoms with Crippen molar-refractivity contribution in [1.29, 1.82) is 0 Å². The first-order chi connectivity index (χ1) is 10.9. The standard InChI is InChI=1S/C14H12F2N4O3/c1-20-7-11(18-19-20)17-12(21)13(4-5-13)8-2-3-9-10(6-8)23-14(15,16)22-9/h2-3,6-7H,4-5H2,1H3,(H,17,21). The summed E-state index contributed by atoms with van der Waals surface area (Å²) < 4.78 is 36.5. The third kappa shape index (κ3) is 2.28. The van der Waals surface area contributed by atoms with Crippen LogP contribution in [0.25, 0.3) is 0 Å². The lowest BCUT2D eigenvalue weighted by Gasteiger charge is -2.14. The van der Waals surface area contributed by atoms with Crippen LogP contribution in [0.5, 0.6) is 11.5 Å². The molecule has 23 heavy (non-hydrogen) atoms. The number of carbonyl (C=O) groups excluding carboxylic acids is 1. The van der Waals surface area contributed by atoms with Gasteiger partial charge in [0.25, 0.3) is 0 Å². The fourth-order valence-electron chi connectivity index (χ4n) is 2.66. The van der Waals surface area contributed by atoms with Gasteiger partial charge < -0.3 is 14.8 Å². The van der Waals surface area contributed by atoms with Gasteiger partial charge >= 0.3 is 6.29 Å². The minimum absolute atomic E-state index is 0.0381. The first-order valence-corrected chi connectivity index (χ1v) is 6.96. The molecule has 2 heterocycles. The molecule has 2 aromatic rings. The lowest BCUT2D eigenvalue weighted by molar-refractivity contribution is -0.286. The highest BCUT2D eigenvalue weighted by Crippen LogP contribution is 2.52. The number of hydrogen-bond acceptors (Lipinski definition) is 5. The summed E-state index contributed by atoms with van der Waals surface area (Å²) in [4.78, 5) is 12.5. The van der Waals surface area contributed by atoms with Gasteiger partial charge in [-0.15, -0.1) is 13.9 Å². The monoisotopic (exact) mass is 322 g/mol. The number of nitrogens with zero attached hydrogens (tertiary/aromatic N) is 3. The fourth-order valence-corrected chi connectivity index (χ4v) is 2.66. The molecule has 1 fully saturated rings. The van der Waals surface area contributed by atoms with Crippen molar-refractivity contribution in [3.05, 3.63) is 30.0 Å². The summed E-state index contributed by atoms with van der Waals surface area (Å²) in [5, 5.41) is 10.2. The minimum Gasteiger partial charge on any atom is -0.395 e. The summed E-state index contributed by atoms with van der Waals surface area (Å²) in [6, 6.07) is 4.42. The number of fused-ring (bicyclic) bond motifs is 1. The number of nitrogens with one attached hydrogen (secondary N) is 1. The van der Waals surface area contributed by atoms with Gasteiger partial charge in [0.2, 0.25) is 5.91 Å². The lowest BCUT2D eigenvalue weighted by atomic mass is 9.94. The van der Waals surface area contributed by atoms with E-state index in [9.17, 15) is 13.6 Å². The number of aromatic nitrogens is 3. The van der Waals surface area contributed by atoms with Crippen LogP contribution < -0.4 is 14.8 Å². The van der Waals surface area contributed by atoms with Crippen LogP contribution in [0.4, 0.5) is 14.6 Å². The van der Waals surface area contributed by atoms with Gasteiger partial charge in [-0.2, -0.15) is 0 Å². The average Bonchev–Trinajstić information content (AvgIpc) is 3.10. The molecule has 0 atom stereocenters. The topological polar surface area (TPSA) is 78.3 Å². The highest BCUT2D eigenvalue weighted by atomic mass is 19.3. The van der Waals surface area contributed by atoms with E-state index in [0.29, 0.717) is 24.2 Å². The van der Waals surface area contributed by atoms with Crippen molar-refractivity contribution in [3.8, 4) is 11.5 Å². The maximum Gasteiger partial charge on any atom is 0.586 e. The predicted molar refractivity (Wildman–Crippen MR) is 73.2 cm³/mol. The smallest absolute Gasteiger partial charge is 0.395 e. The first-order valence-electron chi connectivity index (χ1n) is 6.96. The first kappa shape index (κ1) is 13.9. The van der Waals surface area contributed by atoms with E-state index in [-0.39, 0.29) is 17.4 Å². The Balaban J connectivity index is 1.59. The summed E-state index contributed by atoms with van der Waals surface area (Å²) in [6.45, 7) is 0. The average molecular weight is 322 g/mol.